The van der Waals surface area contributed by atoms with Gasteiger partial charge in [-0.25, -0.2) is 4.98 Å². The summed E-state index contributed by atoms with van der Waals surface area (Å²) in [5, 5.41) is 2.10. The summed E-state index contributed by atoms with van der Waals surface area (Å²) in [5.41, 5.74) is 1.11. The fraction of sp³-hybridized carbons (Fsp3) is 0.667. The van der Waals surface area contributed by atoms with Crippen LogP contribution in [0.1, 0.15) is 25.5 Å². The quantitative estimate of drug-likeness (QED) is 0.792. The second-order valence-corrected chi connectivity index (χ2v) is 6.64. The summed E-state index contributed by atoms with van der Waals surface area (Å²) >= 11 is 3.59. The second kappa shape index (κ2) is 5.87. The maximum Gasteiger partial charge on any atom is 0.219 e. The molecule has 2 rings (SSSR count). The number of aromatic nitrogens is 1. The number of nitrogens with zero attached hydrogens (tertiary/aromatic N) is 2. The van der Waals surface area contributed by atoms with Crippen molar-refractivity contribution in [1.29, 1.82) is 0 Å². The van der Waals surface area contributed by atoms with E-state index in [-0.39, 0.29) is 5.91 Å². The number of hydrogen-bond donors (Lipinski definition) is 0. The van der Waals surface area contributed by atoms with Gasteiger partial charge in [-0.2, -0.15) is 0 Å². The fourth-order valence-electron chi connectivity index (χ4n) is 2.00. The molecular weight excluding hydrogens is 252 g/mol. The maximum atomic E-state index is 11.2. The molecule has 2 heterocycles. The van der Waals surface area contributed by atoms with Crippen LogP contribution in [0.5, 0.6) is 0 Å². The molecule has 17 heavy (non-hydrogen) atoms. The fourth-order valence-corrected chi connectivity index (χ4v) is 4.06. The highest BCUT2D eigenvalue weighted by atomic mass is 32.2. The highest BCUT2D eigenvalue weighted by Gasteiger charge is 2.20. The molecule has 1 fully saturated rings. The van der Waals surface area contributed by atoms with Crippen LogP contribution in [-0.2, 0) is 4.79 Å². The van der Waals surface area contributed by atoms with Crippen molar-refractivity contribution in [2.75, 3.05) is 18.8 Å². The highest BCUT2D eigenvalue weighted by Crippen LogP contribution is 2.28. The molecule has 0 unspecified atom stereocenters. The van der Waals surface area contributed by atoms with Crippen LogP contribution in [0.25, 0.3) is 0 Å². The average Bonchev–Trinajstić information content (AvgIpc) is 2.73. The first-order valence-electron chi connectivity index (χ1n) is 5.95. The summed E-state index contributed by atoms with van der Waals surface area (Å²) in [6.07, 6.45) is 2.27. The van der Waals surface area contributed by atoms with Gasteiger partial charge in [0.05, 0.1) is 0 Å². The molecular formula is C12H18N2OS2. The predicted molar refractivity (Wildman–Crippen MR) is 72.6 cm³/mol. The predicted octanol–water partition coefficient (Wildman–Crippen LogP) is 2.80. The number of amides is 1. The van der Waals surface area contributed by atoms with E-state index in [9.17, 15) is 4.79 Å². The lowest BCUT2D eigenvalue weighted by Crippen LogP contribution is -2.37. The van der Waals surface area contributed by atoms with Crippen LogP contribution in [0.2, 0.25) is 0 Å². The van der Waals surface area contributed by atoms with Gasteiger partial charge in [-0.1, -0.05) is 11.8 Å². The first-order valence-corrected chi connectivity index (χ1v) is 7.82. The van der Waals surface area contributed by atoms with Crippen LogP contribution in [0.3, 0.4) is 0 Å². The van der Waals surface area contributed by atoms with Gasteiger partial charge < -0.3 is 4.90 Å². The second-order valence-electron chi connectivity index (χ2n) is 4.52. The van der Waals surface area contributed by atoms with E-state index in [1.54, 1.807) is 18.3 Å². The van der Waals surface area contributed by atoms with Gasteiger partial charge in [0.1, 0.15) is 4.34 Å². The van der Waals surface area contributed by atoms with Gasteiger partial charge in [0.25, 0.3) is 0 Å². The van der Waals surface area contributed by atoms with Crippen LogP contribution in [0, 0.1) is 12.8 Å². The minimum atomic E-state index is 0.214. The van der Waals surface area contributed by atoms with E-state index in [1.807, 2.05) is 23.6 Å². The van der Waals surface area contributed by atoms with Crippen molar-refractivity contribution in [3.8, 4) is 0 Å². The molecule has 1 amide bonds. The molecule has 0 aromatic carbocycles. The van der Waals surface area contributed by atoms with Gasteiger partial charge in [-0.05, 0) is 25.7 Å². The van der Waals surface area contributed by atoms with Crippen molar-refractivity contribution in [3.05, 3.63) is 11.1 Å². The Labute approximate surface area is 111 Å². The van der Waals surface area contributed by atoms with E-state index in [0.29, 0.717) is 0 Å². The van der Waals surface area contributed by atoms with E-state index in [4.69, 9.17) is 0 Å². The number of hydrogen-bond acceptors (Lipinski definition) is 4. The van der Waals surface area contributed by atoms with Crippen LogP contribution in [-0.4, -0.2) is 34.6 Å². The van der Waals surface area contributed by atoms with Crippen molar-refractivity contribution < 1.29 is 4.79 Å². The van der Waals surface area contributed by atoms with E-state index in [1.165, 1.54) is 4.34 Å². The molecule has 1 aromatic rings. The average molecular weight is 270 g/mol. The minimum Gasteiger partial charge on any atom is -0.343 e. The van der Waals surface area contributed by atoms with Gasteiger partial charge >= 0.3 is 0 Å². The monoisotopic (exact) mass is 270 g/mol. The smallest absolute Gasteiger partial charge is 0.219 e. The molecule has 0 spiro atoms. The standard InChI is InChI=1S/C12H18N2OS2/c1-9-7-16-12(13-9)17-8-11-3-5-14(6-4-11)10(2)15/h7,11H,3-6,8H2,1-2H3. The number of thioether (sulfide) groups is 1. The zero-order valence-electron chi connectivity index (χ0n) is 10.3. The Hall–Kier alpha value is -0.550. The maximum absolute atomic E-state index is 11.2. The zero-order valence-corrected chi connectivity index (χ0v) is 11.9. The Morgan fingerprint density at radius 1 is 1.59 bits per heavy atom. The Bertz CT molecular complexity index is 384. The third-order valence-corrected chi connectivity index (χ3v) is 5.47. The molecule has 0 saturated carbocycles. The molecule has 94 valence electrons. The number of aryl methyl sites for hydroxylation is 1. The van der Waals surface area contributed by atoms with Gasteiger partial charge in [-0.3, -0.25) is 4.79 Å². The lowest BCUT2D eigenvalue weighted by atomic mass is 9.99. The molecule has 1 aromatic heterocycles. The molecule has 0 aliphatic carbocycles. The van der Waals surface area contributed by atoms with Gasteiger partial charge in [0.2, 0.25) is 5.91 Å². The number of likely N-dealkylation sites (tertiary alicyclic amines) is 1. The van der Waals surface area contributed by atoms with Crippen molar-refractivity contribution >= 4 is 29.0 Å². The number of rotatable bonds is 3. The Balaban J connectivity index is 1.73. The van der Waals surface area contributed by atoms with E-state index >= 15 is 0 Å². The zero-order chi connectivity index (χ0) is 12.3. The Morgan fingerprint density at radius 3 is 2.82 bits per heavy atom. The van der Waals surface area contributed by atoms with Crippen molar-refractivity contribution in [2.24, 2.45) is 5.92 Å². The number of piperidine rings is 1. The Morgan fingerprint density at radius 2 is 2.29 bits per heavy atom. The lowest BCUT2D eigenvalue weighted by Gasteiger charge is -2.30. The van der Waals surface area contributed by atoms with Gasteiger partial charge in [0.15, 0.2) is 0 Å². The SMILES string of the molecule is CC(=O)N1CCC(CSc2nc(C)cs2)CC1. The summed E-state index contributed by atoms with van der Waals surface area (Å²) in [7, 11) is 0. The van der Waals surface area contributed by atoms with Gasteiger partial charge in [-0.15, -0.1) is 11.3 Å². The van der Waals surface area contributed by atoms with Crippen molar-refractivity contribution in [3.63, 3.8) is 0 Å². The van der Waals surface area contributed by atoms with Crippen molar-refractivity contribution in [1.82, 2.24) is 9.88 Å². The number of thiazole rings is 1. The molecule has 0 atom stereocenters. The third kappa shape index (κ3) is 3.71. The summed E-state index contributed by atoms with van der Waals surface area (Å²) in [6, 6.07) is 0. The minimum absolute atomic E-state index is 0.214. The molecule has 0 radical (unpaired) electrons. The summed E-state index contributed by atoms with van der Waals surface area (Å²) in [6.45, 7) is 5.55. The van der Waals surface area contributed by atoms with Crippen LogP contribution < -0.4 is 0 Å². The molecule has 1 aliphatic rings. The molecule has 1 aliphatic heterocycles. The first kappa shape index (κ1) is 12.9. The van der Waals surface area contributed by atoms with Crippen LogP contribution >= 0.6 is 23.1 Å². The van der Waals surface area contributed by atoms with Crippen molar-refractivity contribution in [2.45, 2.75) is 31.0 Å². The third-order valence-electron chi connectivity index (χ3n) is 3.10. The van der Waals surface area contributed by atoms with Crippen LogP contribution in [0.15, 0.2) is 9.72 Å². The summed E-state index contributed by atoms with van der Waals surface area (Å²) in [5.74, 6) is 2.09. The normalized spacial score (nSPS) is 17.4. The molecule has 3 nitrogen and oxygen atoms in total. The molecule has 0 bridgehead atoms. The lowest BCUT2D eigenvalue weighted by molar-refractivity contribution is -0.130. The number of carbonyl (C=O) groups excluding carboxylic acids is 1. The summed E-state index contributed by atoms with van der Waals surface area (Å²) < 4.78 is 1.18. The molecule has 5 heteroatoms. The largest absolute Gasteiger partial charge is 0.343 e. The molecule has 1 saturated heterocycles. The van der Waals surface area contributed by atoms with E-state index in [2.05, 4.69) is 10.4 Å². The van der Waals surface area contributed by atoms with E-state index in [0.717, 1.165) is 43.3 Å². The summed E-state index contributed by atoms with van der Waals surface area (Å²) in [4.78, 5) is 17.6. The number of carbonyl (C=O) groups is 1. The topological polar surface area (TPSA) is 33.2 Å². The Kier molecular flexibility index (Phi) is 4.45. The molecule has 0 N–H and O–H groups in total. The first-order chi connectivity index (χ1) is 8.15. The highest BCUT2D eigenvalue weighted by molar-refractivity contribution is 8.01. The van der Waals surface area contributed by atoms with Crippen LogP contribution in [0.4, 0.5) is 0 Å². The van der Waals surface area contributed by atoms with E-state index < -0.39 is 0 Å². The van der Waals surface area contributed by atoms with Gasteiger partial charge in [0, 0.05) is 36.8 Å².